The Morgan fingerprint density at radius 3 is 1.54 bits per heavy atom. The molecule has 6 aromatic carbocycles. The van der Waals surface area contributed by atoms with Crippen molar-refractivity contribution in [3.05, 3.63) is 174 Å². The van der Waals surface area contributed by atoms with E-state index in [0.717, 1.165) is 45.5 Å². The second-order valence-electron chi connectivity index (χ2n) is 16.3. The Bertz CT molecular complexity index is 2540. The van der Waals surface area contributed by atoms with Gasteiger partial charge in [0.05, 0.1) is 23.0 Å². The Morgan fingerprint density at radius 1 is 0.426 bits per heavy atom. The Balaban J connectivity index is 1.05. The highest BCUT2D eigenvalue weighted by Gasteiger charge is 2.61. The van der Waals surface area contributed by atoms with Gasteiger partial charge in [-0.15, -0.1) is 0 Å². The van der Waals surface area contributed by atoms with E-state index in [1.807, 2.05) is 12.1 Å². The van der Waals surface area contributed by atoms with E-state index in [-0.39, 0.29) is 5.41 Å². The lowest BCUT2D eigenvalue weighted by Crippen LogP contribution is -2.55. The second kappa shape index (κ2) is 12.3. The summed E-state index contributed by atoms with van der Waals surface area (Å²) in [6, 6.07) is 59.7. The van der Waals surface area contributed by atoms with Gasteiger partial charge in [-0.05, 0) is 148 Å². The fraction of sp³-hybridized carbons (Fsp3) is 0.192. The minimum atomic E-state index is 0.0174. The first kappa shape index (κ1) is 31.5. The largest absolute Gasteiger partial charge is 0.248 e. The molecule has 0 atom stereocenters. The van der Waals surface area contributed by atoms with Crippen LogP contribution in [0.25, 0.3) is 67.0 Å². The fourth-order valence-corrected chi connectivity index (χ4v) is 11.5. The van der Waals surface area contributed by atoms with E-state index in [9.17, 15) is 5.26 Å². The molecule has 7 aromatic rings. The van der Waals surface area contributed by atoms with Gasteiger partial charge in [0.25, 0.3) is 0 Å². The van der Waals surface area contributed by atoms with Gasteiger partial charge in [-0.1, -0.05) is 121 Å². The lowest BCUT2D eigenvalue weighted by atomic mass is 9.43. The van der Waals surface area contributed by atoms with Gasteiger partial charge >= 0.3 is 0 Å². The Hall–Kier alpha value is -6.04. The normalized spacial score (nSPS) is 22.9. The number of aromatic nitrogens is 1. The molecule has 4 fully saturated rings. The number of fused-ring (bicyclic) bond motifs is 3. The molecule has 12 rings (SSSR count). The van der Waals surface area contributed by atoms with Crippen molar-refractivity contribution < 1.29 is 0 Å². The summed E-state index contributed by atoms with van der Waals surface area (Å²) in [7, 11) is 0. The maximum absolute atomic E-state index is 10.0. The first-order chi connectivity index (χ1) is 26.7. The van der Waals surface area contributed by atoms with Crippen LogP contribution in [0.3, 0.4) is 0 Å². The molecule has 54 heavy (non-hydrogen) atoms. The smallest absolute Gasteiger partial charge is 0.0998 e. The Kier molecular flexibility index (Phi) is 7.15. The molecule has 0 unspecified atom stereocenters. The highest BCUT2D eigenvalue weighted by Crippen LogP contribution is 2.69. The zero-order valence-electron chi connectivity index (χ0n) is 30.3. The molecule has 4 bridgehead atoms. The van der Waals surface area contributed by atoms with Crippen molar-refractivity contribution in [2.24, 2.45) is 23.7 Å². The fourth-order valence-electron chi connectivity index (χ4n) is 11.5. The third-order valence-corrected chi connectivity index (χ3v) is 13.5. The summed E-state index contributed by atoms with van der Waals surface area (Å²) in [5, 5.41) is 10.0. The van der Waals surface area contributed by atoms with Crippen molar-refractivity contribution in [1.82, 2.24) is 4.98 Å². The van der Waals surface area contributed by atoms with Gasteiger partial charge in [-0.3, -0.25) is 0 Å². The summed E-state index contributed by atoms with van der Waals surface area (Å²) in [5.74, 6) is 3.05. The van der Waals surface area contributed by atoms with Crippen molar-refractivity contribution in [2.75, 3.05) is 0 Å². The van der Waals surface area contributed by atoms with E-state index >= 15 is 0 Å². The summed E-state index contributed by atoms with van der Waals surface area (Å²) in [4.78, 5) is 5.14. The SMILES string of the molecule is N#Cc1ccccc1-c1ccc2c(c1)C1(c3cc(-c4cccc(-c5cc(-c6ccccc6)nc(-c6ccccc6)c5)c4)ccc3-2)C2CC3CC(C2)CC1C3. The van der Waals surface area contributed by atoms with Crippen LogP contribution in [0.15, 0.2) is 158 Å². The van der Waals surface area contributed by atoms with Crippen molar-refractivity contribution in [3.8, 4) is 73.1 Å². The summed E-state index contributed by atoms with van der Waals surface area (Å²) in [5.41, 5.74) is 17.9. The maximum Gasteiger partial charge on any atom is 0.0998 e. The van der Waals surface area contributed by atoms with E-state index in [1.54, 1.807) is 5.56 Å². The van der Waals surface area contributed by atoms with Crippen molar-refractivity contribution in [3.63, 3.8) is 0 Å². The molecule has 5 aliphatic rings. The minimum Gasteiger partial charge on any atom is -0.248 e. The Morgan fingerprint density at radius 2 is 0.926 bits per heavy atom. The van der Waals surface area contributed by atoms with E-state index in [1.165, 1.54) is 76.6 Å². The Labute approximate surface area is 317 Å². The molecule has 1 heterocycles. The topological polar surface area (TPSA) is 36.7 Å². The molecule has 1 aromatic heterocycles. The highest BCUT2D eigenvalue weighted by atomic mass is 14.7. The van der Waals surface area contributed by atoms with Crippen LogP contribution in [0.5, 0.6) is 0 Å². The summed E-state index contributed by atoms with van der Waals surface area (Å²) in [6.45, 7) is 0. The lowest BCUT2D eigenvalue weighted by molar-refractivity contribution is -0.0399. The molecule has 258 valence electrons. The van der Waals surface area contributed by atoms with E-state index in [0.29, 0.717) is 11.8 Å². The van der Waals surface area contributed by atoms with Gasteiger partial charge in [0.1, 0.15) is 0 Å². The van der Waals surface area contributed by atoms with Crippen LogP contribution in [0.2, 0.25) is 0 Å². The van der Waals surface area contributed by atoms with Crippen LogP contribution in [0.4, 0.5) is 0 Å². The number of hydrogen-bond donors (Lipinski definition) is 0. The zero-order valence-corrected chi connectivity index (χ0v) is 30.3. The summed E-state index contributed by atoms with van der Waals surface area (Å²) >= 11 is 0. The summed E-state index contributed by atoms with van der Waals surface area (Å²) in [6.07, 6.45) is 6.76. The van der Waals surface area contributed by atoms with E-state index in [2.05, 4.69) is 152 Å². The number of hydrogen-bond acceptors (Lipinski definition) is 2. The molecule has 5 aliphatic carbocycles. The number of nitrogens with zero attached hydrogens (tertiary/aromatic N) is 2. The third-order valence-electron chi connectivity index (χ3n) is 13.5. The van der Waals surface area contributed by atoms with Crippen molar-refractivity contribution in [2.45, 2.75) is 37.5 Å². The van der Waals surface area contributed by atoms with Crippen LogP contribution < -0.4 is 0 Å². The van der Waals surface area contributed by atoms with Gasteiger partial charge in [0, 0.05) is 16.5 Å². The standard InChI is InChI=1S/C52H40N2/c53-32-41-14-7-8-17-45(41)40-19-21-47-46-20-18-39(28-48(46)52(49(47)29-40)43-23-33-22-34(25-43)26-44(52)24-33)37-15-9-16-38(27-37)42-30-50(35-10-3-1-4-11-35)54-51(31-42)36-12-5-2-6-13-36/h1-21,27-31,33-34,43-44H,22-26H2. The van der Waals surface area contributed by atoms with Crippen LogP contribution in [-0.4, -0.2) is 4.98 Å². The van der Waals surface area contributed by atoms with Crippen LogP contribution >= 0.6 is 0 Å². The van der Waals surface area contributed by atoms with Crippen LogP contribution in [0, 0.1) is 35.0 Å². The first-order valence-electron chi connectivity index (χ1n) is 19.7. The van der Waals surface area contributed by atoms with Gasteiger partial charge < -0.3 is 0 Å². The molecular weight excluding hydrogens is 653 g/mol. The lowest BCUT2D eigenvalue weighted by Gasteiger charge is -2.61. The molecule has 0 saturated heterocycles. The predicted octanol–water partition coefficient (Wildman–Crippen LogP) is 13.0. The number of pyridine rings is 1. The van der Waals surface area contributed by atoms with Gasteiger partial charge in [-0.25, -0.2) is 4.98 Å². The third kappa shape index (κ3) is 4.81. The molecule has 0 radical (unpaired) electrons. The molecule has 0 amide bonds. The number of nitriles is 1. The van der Waals surface area contributed by atoms with Gasteiger partial charge in [0.2, 0.25) is 0 Å². The maximum atomic E-state index is 10.0. The minimum absolute atomic E-state index is 0.0174. The molecule has 2 heteroatoms. The van der Waals surface area contributed by atoms with Gasteiger partial charge in [-0.2, -0.15) is 5.26 Å². The molecule has 1 spiro atoms. The molecule has 0 N–H and O–H groups in total. The quantitative estimate of drug-likeness (QED) is 0.180. The van der Waals surface area contributed by atoms with Gasteiger partial charge in [0.15, 0.2) is 0 Å². The van der Waals surface area contributed by atoms with Crippen LogP contribution in [-0.2, 0) is 5.41 Å². The van der Waals surface area contributed by atoms with E-state index in [4.69, 9.17) is 4.98 Å². The summed E-state index contributed by atoms with van der Waals surface area (Å²) < 4.78 is 0. The zero-order chi connectivity index (χ0) is 35.8. The van der Waals surface area contributed by atoms with E-state index < -0.39 is 0 Å². The van der Waals surface area contributed by atoms with Crippen molar-refractivity contribution in [1.29, 1.82) is 5.26 Å². The predicted molar refractivity (Wildman–Crippen MR) is 219 cm³/mol. The number of benzene rings is 6. The second-order valence-corrected chi connectivity index (χ2v) is 16.3. The average Bonchev–Trinajstić information content (AvgIpc) is 3.52. The molecular formula is C52H40N2. The molecule has 0 aliphatic heterocycles. The first-order valence-corrected chi connectivity index (χ1v) is 19.7. The highest BCUT2D eigenvalue weighted by molar-refractivity contribution is 5.88. The van der Waals surface area contributed by atoms with Crippen LogP contribution in [0.1, 0.15) is 48.8 Å². The molecule has 4 saturated carbocycles. The van der Waals surface area contributed by atoms with Crippen molar-refractivity contribution >= 4 is 0 Å². The number of rotatable bonds is 5. The monoisotopic (exact) mass is 692 g/mol. The average molecular weight is 693 g/mol. The molecule has 2 nitrogen and oxygen atoms in total.